The molecule has 0 atom stereocenters. The summed E-state index contributed by atoms with van der Waals surface area (Å²) >= 11 is 0. The van der Waals surface area contributed by atoms with Gasteiger partial charge in [-0.3, -0.25) is 4.79 Å². The second-order valence-electron chi connectivity index (χ2n) is 5.38. The molecule has 130 valence electrons. The standard InChI is InChI=1S/C20H21NO4/c1-4-21(2)20(23)25-18-7-5-6-16(14-18)19(22)13-10-15-8-11-17(24-3)12-9-15/h5-14H,4H2,1-3H3/b13-10+. The van der Waals surface area contributed by atoms with E-state index in [2.05, 4.69) is 0 Å². The molecular formula is C20H21NO4. The van der Waals surface area contributed by atoms with Crippen LogP contribution in [0.3, 0.4) is 0 Å². The molecule has 5 heteroatoms. The molecule has 0 aliphatic rings. The number of carbonyl (C=O) groups excluding carboxylic acids is 2. The maximum atomic E-state index is 12.3. The summed E-state index contributed by atoms with van der Waals surface area (Å²) in [7, 11) is 3.25. The normalized spacial score (nSPS) is 10.5. The predicted molar refractivity (Wildman–Crippen MR) is 97.1 cm³/mol. The second kappa shape index (κ2) is 8.68. The summed E-state index contributed by atoms with van der Waals surface area (Å²) < 4.78 is 10.3. The van der Waals surface area contributed by atoms with Crippen LogP contribution < -0.4 is 9.47 Å². The van der Waals surface area contributed by atoms with Crippen molar-refractivity contribution < 1.29 is 19.1 Å². The van der Waals surface area contributed by atoms with Crippen molar-refractivity contribution in [1.82, 2.24) is 4.90 Å². The van der Waals surface area contributed by atoms with Crippen LogP contribution in [0.5, 0.6) is 11.5 Å². The zero-order valence-electron chi connectivity index (χ0n) is 14.6. The summed E-state index contributed by atoms with van der Waals surface area (Å²) in [6.45, 7) is 2.40. The molecule has 0 fully saturated rings. The third-order valence-electron chi connectivity index (χ3n) is 3.65. The minimum atomic E-state index is -0.458. The Morgan fingerprint density at radius 2 is 1.80 bits per heavy atom. The molecule has 0 saturated heterocycles. The number of methoxy groups -OCH3 is 1. The minimum absolute atomic E-state index is 0.169. The van der Waals surface area contributed by atoms with Crippen LogP contribution in [0.2, 0.25) is 0 Å². The number of nitrogens with zero attached hydrogens (tertiary/aromatic N) is 1. The van der Waals surface area contributed by atoms with Crippen molar-refractivity contribution in [2.24, 2.45) is 0 Å². The number of hydrogen-bond donors (Lipinski definition) is 0. The highest BCUT2D eigenvalue weighted by atomic mass is 16.6. The highest BCUT2D eigenvalue weighted by molar-refractivity contribution is 6.07. The predicted octanol–water partition coefficient (Wildman–Crippen LogP) is 4.04. The zero-order valence-corrected chi connectivity index (χ0v) is 14.6. The quantitative estimate of drug-likeness (QED) is 0.589. The van der Waals surface area contributed by atoms with Crippen molar-refractivity contribution in [1.29, 1.82) is 0 Å². The van der Waals surface area contributed by atoms with E-state index in [-0.39, 0.29) is 5.78 Å². The summed E-state index contributed by atoms with van der Waals surface area (Å²) in [5.41, 5.74) is 1.34. The summed E-state index contributed by atoms with van der Waals surface area (Å²) in [5.74, 6) is 0.932. The van der Waals surface area contributed by atoms with Crippen LogP contribution >= 0.6 is 0 Å². The van der Waals surface area contributed by atoms with E-state index in [1.165, 1.54) is 11.0 Å². The SMILES string of the molecule is CCN(C)C(=O)Oc1cccc(C(=O)/C=C/c2ccc(OC)cc2)c1. The summed E-state index contributed by atoms with van der Waals surface area (Å²) in [4.78, 5) is 25.5. The van der Waals surface area contributed by atoms with E-state index >= 15 is 0 Å². The first-order valence-electron chi connectivity index (χ1n) is 7.93. The van der Waals surface area contributed by atoms with Gasteiger partial charge in [-0.2, -0.15) is 0 Å². The van der Waals surface area contributed by atoms with Gasteiger partial charge in [0.25, 0.3) is 0 Å². The smallest absolute Gasteiger partial charge is 0.414 e. The number of ketones is 1. The molecule has 0 radical (unpaired) electrons. The van der Waals surface area contributed by atoms with Crippen molar-refractivity contribution in [3.05, 3.63) is 65.7 Å². The van der Waals surface area contributed by atoms with Gasteiger partial charge in [-0.05, 0) is 42.8 Å². The Balaban J connectivity index is 2.07. The lowest BCUT2D eigenvalue weighted by molar-refractivity contribution is 0.104. The number of ether oxygens (including phenoxy) is 2. The van der Waals surface area contributed by atoms with Gasteiger partial charge in [-0.1, -0.05) is 30.3 Å². The van der Waals surface area contributed by atoms with Gasteiger partial charge in [0.05, 0.1) is 7.11 Å². The molecule has 1 amide bonds. The first-order valence-corrected chi connectivity index (χ1v) is 7.93. The van der Waals surface area contributed by atoms with E-state index < -0.39 is 6.09 Å². The number of benzene rings is 2. The number of amides is 1. The van der Waals surface area contributed by atoms with Crippen molar-refractivity contribution in [3.8, 4) is 11.5 Å². The van der Waals surface area contributed by atoms with Crippen LogP contribution in [0.25, 0.3) is 6.08 Å². The van der Waals surface area contributed by atoms with Gasteiger partial charge in [-0.15, -0.1) is 0 Å². The zero-order chi connectivity index (χ0) is 18.2. The largest absolute Gasteiger partial charge is 0.497 e. The first-order chi connectivity index (χ1) is 12.0. The van der Waals surface area contributed by atoms with E-state index in [0.717, 1.165) is 11.3 Å². The van der Waals surface area contributed by atoms with Crippen LogP contribution in [0.4, 0.5) is 4.79 Å². The molecule has 0 aromatic heterocycles. The highest BCUT2D eigenvalue weighted by Crippen LogP contribution is 2.16. The molecule has 5 nitrogen and oxygen atoms in total. The second-order valence-corrected chi connectivity index (χ2v) is 5.38. The molecule has 0 N–H and O–H groups in total. The number of allylic oxidation sites excluding steroid dienone is 1. The minimum Gasteiger partial charge on any atom is -0.497 e. The van der Waals surface area contributed by atoms with E-state index in [9.17, 15) is 9.59 Å². The average molecular weight is 339 g/mol. The van der Waals surface area contributed by atoms with Crippen molar-refractivity contribution in [2.45, 2.75) is 6.92 Å². The fourth-order valence-corrected chi connectivity index (χ4v) is 2.00. The molecule has 0 aliphatic heterocycles. The van der Waals surface area contributed by atoms with Crippen molar-refractivity contribution >= 4 is 18.0 Å². The van der Waals surface area contributed by atoms with Gasteiger partial charge in [-0.25, -0.2) is 4.79 Å². The fourth-order valence-electron chi connectivity index (χ4n) is 2.00. The molecule has 2 aromatic rings. The number of carbonyl (C=O) groups is 2. The molecule has 0 bridgehead atoms. The monoisotopic (exact) mass is 339 g/mol. The van der Waals surface area contributed by atoms with E-state index in [1.54, 1.807) is 44.5 Å². The third-order valence-corrected chi connectivity index (χ3v) is 3.65. The molecule has 25 heavy (non-hydrogen) atoms. The Bertz CT molecular complexity index is 766. The van der Waals surface area contributed by atoms with Gasteiger partial charge < -0.3 is 14.4 Å². The van der Waals surface area contributed by atoms with Crippen molar-refractivity contribution in [2.75, 3.05) is 20.7 Å². The van der Waals surface area contributed by atoms with Gasteiger partial charge in [0.1, 0.15) is 11.5 Å². The lowest BCUT2D eigenvalue weighted by Gasteiger charge is -2.14. The Morgan fingerprint density at radius 1 is 1.08 bits per heavy atom. The Morgan fingerprint density at radius 3 is 2.44 bits per heavy atom. The van der Waals surface area contributed by atoms with Crippen LogP contribution in [-0.4, -0.2) is 37.5 Å². The van der Waals surface area contributed by atoms with Gasteiger partial charge in [0, 0.05) is 19.2 Å². The first kappa shape index (κ1) is 18.3. The maximum Gasteiger partial charge on any atom is 0.414 e. The molecule has 2 aromatic carbocycles. The molecular weight excluding hydrogens is 318 g/mol. The van der Waals surface area contributed by atoms with Crippen LogP contribution in [0.1, 0.15) is 22.8 Å². The molecule has 0 spiro atoms. The third kappa shape index (κ3) is 5.21. The molecule has 0 saturated carbocycles. The number of rotatable bonds is 6. The van der Waals surface area contributed by atoms with Crippen LogP contribution in [-0.2, 0) is 0 Å². The van der Waals surface area contributed by atoms with Crippen LogP contribution in [0, 0.1) is 0 Å². The molecule has 0 unspecified atom stereocenters. The fraction of sp³-hybridized carbons (Fsp3) is 0.200. The van der Waals surface area contributed by atoms with E-state index in [1.807, 2.05) is 31.2 Å². The molecule has 0 heterocycles. The average Bonchev–Trinajstić information content (AvgIpc) is 2.65. The maximum absolute atomic E-state index is 12.3. The van der Waals surface area contributed by atoms with Crippen LogP contribution in [0.15, 0.2) is 54.6 Å². The van der Waals surface area contributed by atoms with Crippen molar-refractivity contribution in [3.63, 3.8) is 0 Å². The summed E-state index contributed by atoms with van der Waals surface area (Å²) in [5, 5.41) is 0. The lowest BCUT2D eigenvalue weighted by Crippen LogP contribution is -2.29. The van der Waals surface area contributed by atoms with Gasteiger partial charge in [0.2, 0.25) is 0 Å². The molecule has 2 rings (SSSR count). The molecule has 0 aliphatic carbocycles. The summed E-state index contributed by atoms with van der Waals surface area (Å²) in [6.07, 6.45) is 2.76. The Hall–Kier alpha value is -3.08. The van der Waals surface area contributed by atoms with Gasteiger partial charge in [0.15, 0.2) is 5.78 Å². The lowest BCUT2D eigenvalue weighted by atomic mass is 10.1. The Kier molecular flexibility index (Phi) is 6.34. The topological polar surface area (TPSA) is 55.8 Å². The Labute approximate surface area is 147 Å². The highest BCUT2D eigenvalue weighted by Gasteiger charge is 2.10. The van der Waals surface area contributed by atoms with E-state index in [4.69, 9.17) is 9.47 Å². The number of hydrogen-bond acceptors (Lipinski definition) is 4. The van der Waals surface area contributed by atoms with Gasteiger partial charge >= 0.3 is 6.09 Å². The van der Waals surface area contributed by atoms with E-state index in [0.29, 0.717) is 17.9 Å². The summed E-state index contributed by atoms with van der Waals surface area (Å²) in [6, 6.07) is 13.9.